The Bertz CT molecular complexity index is 2470. The molecule has 0 bridgehead atoms. The molecule has 0 amide bonds. The average Bonchev–Trinajstić information content (AvgIpc) is 3.30. The van der Waals surface area contributed by atoms with Gasteiger partial charge in [-0.1, -0.05) is 27.2 Å². The van der Waals surface area contributed by atoms with Crippen molar-refractivity contribution in [3.63, 3.8) is 0 Å². The zero-order chi connectivity index (χ0) is 63.1. The molecule has 0 aromatic carbocycles. The van der Waals surface area contributed by atoms with E-state index >= 15 is 0 Å². The lowest BCUT2D eigenvalue weighted by atomic mass is 10.2. The van der Waals surface area contributed by atoms with E-state index in [0.29, 0.717) is 86.0 Å². The molecule has 6 atom stereocenters. The van der Waals surface area contributed by atoms with Gasteiger partial charge in [0.2, 0.25) is 0 Å². The Kier molecular flexibility index (Phi) is 38.6. The van der Waals surface area contributed by atoms with Crippen molar-refractivity contribution in [1.82, 2.24) is 73.5 Å². The van der Waals surface area contributed by atoms with Gasteiger partial charge >= 0.3 is 0 Å². The van der Waals surface area contributed by atoms with Gasteiger partial charge in [-0.15, -0.1) is 6.42 Å². The number of nitrogens with zero attached hydrogens (tertiary/aromatic N) is 29. The van der Waals surface area contributed by atoms with Gasteiger partial charge in [0.1, 0.15) is 0 Å². The molecule has 5 rings (SSSR count). The standard InChI is InChI=1S/C12H18N6.C11H16N6O.C11H15N5.2C10H14N6.CH4/c1-3-11-16(7-5-13)10-17(8-6-14)12(4-2)18(11)9-15;1-2-18-11-16(7-4-13)9-15(6-3-12)10-17(11)8-5-14;1-4-6-14-9-15(7-5-12)11(3)16(8-13)10(14)2;1-9-14(5-3-11)8-15(6-4-12)10(2)16(9)7-13;1-10-15(6-3-12)8-14(5-2-11)9-16(10)7-4-13;/h11-12H,3-4,7-8,10H2,1-2H3;11H,2,6-10H2,1H3;1,10-11H,6-7,9H2,2-3H3;9-10H,5-6,8H2,1-2H3;10H,5-9H2,1H3;1H4. The molecule has 0 N–H and O–H groups in total. The predicted octanol–water partition coefficient (Wildman–Crippen LogP) is 1.23. The van der Waals surface area contributed by atoms with E-state index in [-0.39, 0.29) is 103 Å². The molecule has 0 saturated carbocycles. The highest BCUT2D eigenvalue weighted by Crippen LogP contribution is 2.25. The maximum Gasteiger partial charge on any atom is 0.182 e. The van der Waals surface area contributed by atoms with Gasteiger partial charge in [-0.25, -0.2) is 9.80 Å². The summed E-state index contributed by atoms with van der Waals surface area (Å²) in [5.41, 5.74) is 0. The molecule has 5 aliphatic heterocycles. The first-order valence-corrected chi connectivity index (χ1v) is 27.0. The molecule has 85 heavy (non-hydrogen) atoms. The van der Waals surface area contributed by atoms with Crippen molar-refractivity contribution in [1.29, 1.82) is 73.7 Å². The van der Waals surface area contributed by atoms with E-state index in [9.17, 15) is 5.26 Å². The Hall–Kier alpha value is -8.70. The first-order valence-electron chi connectivity index (χ1n) is 27.0. The smallest absolute Gasteiger partial charge is 0.182 e. The molecule has 6 unspecified atom stereocenters. The van der Waals surface area contributed by atoms with E-state index in [1.165, 1.54) is 0 Å². The third-order valence-corrected chi connectivity index (χ3v) is 14.2. The van der Waals surface area contributed by atoms with Gasteiger partial charge in [0.05, 0.1) is 235 Å². The summed E-state index contributed by atoms with van der Waals surface area (Å²) in [6.45, 7) is 23.4. The van der Waals surface area contributed by atoms with E-state index in [1.807, 2.05) is 114 Å². The third-order valence-electron chi connectivity index (χ3n) is 14.2. The number of ether oxygens (including phenoxy) is 1. The number of hydrogen-bond donors (Lipinski definition) is 0. The van der Waals surface area contributed by atoms with Crippen LogP contribution >= 0.6 is 0 Å². The largest absolute Gasteiger partial charge is 0.350 e. The van der Waals surface area contributed by atoms with Gasteiger partial charge in [0.15, 0.2) is 24.9 Å². The maximum atomic E-state index is 9.32. The molecule has 5 fully saturated rings. The molecule has 30 nitrogen and oxygen atoms in total. The van der Waals surface area contributed by atoms with E-state index in [1.54, 1.807) is 14.7 Å². The molecule has 5 saturated heterocycles. The lowest BCUT2D eigenvalue weighted by Crippen LogP contribution is -2.64. The quantitative estimate of drug-likeness (QED) is 0.119. The monoisotopic (exact) mass is 1160 g/mol. The molecule has 0 aliphatic carbocycles. The second kappa shape index (κ2) is 43.0. The lowest BCUT2D eigenvalue weighted by molar-refractivity contribution is -0.199. The SMILES string of the molecule is C.C#CCN1CN(CC#N)C(C)N(C#N)C1C.CC1N(CC#N)CN(CC#N)C(C)N1C#N.CC1N(CC#N)CN(CC#N)CN1CC#N.CCC1N(CC#N)CN(CC#N)C(CC)N1C#N.CCOC1N(CC#N)CN(CC#N)CN1CC#N. The predicted molar refractivity (Wildman–Crippen MR) is 305 cm³/mol. The van der Waals surface area contributed by atoms with Crippen LogP contribution in [0.5, 0.6) is 0 Å². The molecule has 30 heteroatoms. The van der Waals surface area contributed by atoms with Crippen molar-refractivity contribution in [3.8, 4) is 97.7 Å². The van der Waals surface area contributed by atoms with E-state index in [4.69, 9.17) is 79.6 Å². The maximum absolute atomic E-state index is 9.32. The van der Waals surface area contributed by atoms with Crippen LogP contribution in [0.15, 0.2) is 0 Å². The highest BCUT2D eigenvalue weighted by molar-refractivity contribution is 4.99. The third kappa shape index (κ3) is 23.1. The molecule has 0 aromatic heterocycles. The summed E-state index contributed by atoms with van der Waals surface area (Å²) in [5, 5.41) is 124. The topological polar surface area (TPSA) is 391 Å². The van der Waals surface area contributed by atoms with Gasteiger partial charge in [-0.05, 0) is 54.4 Å². The van der Waals surface area contributed by atoms with E-state index in [0.717, 1.165) is 12.8 Å². The normalized spacial score (nSPS) is 23.2. The van der Waals surface area contributed by atoms with Gasteiger partial charge in [-0.3, -0.25) is 63.7 Å². The second-order valence-corrected chi connectivity index (χ2v) is 19.3. The van der Waals surface area contributed by atoms with Crippen molar-refractivity contribution in [2.75, 3.05) is 132 Å². The summed E-state index contributed by atoms with van der Waals surface area (Å²) in [4.78, 5) is 27.7. The van der Waals surface area contributed by atoms with Crippen molar-refractivity contribution < 1.29 is 4.74 Å². The first-order chi connectivity index (χ1) is 40.5. The lowest BCUT2D eigenvalue weighted by Gasteiger charge is -2.49. The zero-order valence-corrected chi connectivity index (χ0v) is 49.6. The van der Waals surface area contributed by atoms with E-state index < -0.39 is 0 Å². The Morgan fingerprint density at radius 3 is 0.835 bits per heavy atom. The van der Waals surface area contributed by atoms with Crippen LogP contribution in [-0.2, 0) is 4.74 Å². The van der Waals surface area contributed by atoms with Crippen molar-refractivity contribution >= 4 is 0 Å². The Balaban J connectivity index is 0.00000104. The van der Waals surface area contributed by atoms with Crippen LogP contribution in [0.2, 0.25) is 0 Å². The molecule has 5 aliphatic rings. The highest BCUT2D eigenvalue weighted by Gasteiger charge is 2.39. The van der Waals surface area contributed by atoms with Crippen molar-refractivity contribution in [2.24, 2.45) is 0 Å². The molecular weight excluding hydrogens is 1080 g/mol. The molecule has 5 heterocycles. The van der Waals surface area contributed by atoms with Crippen LogP contribution in [-0.4, -0.2) is 255 Å². The minimum atomic E-state index is -0.371. The molecular formula is C55H81N29O. The first kappa shape index (κ1) is 76.3. The fraction of sp³-hybridized carbons (Fsp3) is 0.709. The minimum absolute atomic E-state index is 0. The Labute approximate surface area is 504 Å². The number of nitriles is 14. The summed E-state index contributed by atoms with van der Waals surface area (Å²) in [6.07, 6.45) is 12.6. The summed E-state index contributed by atoms with van der Waals surface area (Å²) in [6, 6.07) is 23.0. The summed E-state index contributed by atoms with van der Waals surface area (Å²) >= 11 is 0. The summed E-state index contributed by atoms with van der Waals surface area (Å²) < 4.78 is 5.58. The van der Waals surface area contributed by atoms with Crippen LogP contribution in [0.25, 0.3) is 0 Å². The summed E-state index contributed by atoms with van der Waals surface area (Å²) in [7, 11) is 0. The second-order valence-electron chi connectivity index (χ2n) is 19.3. The van der Waals surface area contributed by atoms with Crippen LogP contribution in [0.3, 0.4) is 0 Å². The van der Waals surface area contributed by atoms with Gasteiger partial charge in [0.25, 0.3) is 0 Å². The van der Waals surface area contributed by atoms with Crippen LogP contribution in [0.1, 0.15) is 75.7 Å². The van der Waals surface area contributed by atoms with E-state index in [2.05, 4.69) is 91.3 Å². The Morgan fingerprint density at radius 2 is 0.576 bits per heavy atom. The van der Waals surface area contributed by atoms with Gasteiger partial charge in [-0.2, -0.15) is 73.7 Å². The number of rotatable bonds is 16. The molecule has 0 radical (unpaired) electrons. The molecule has 0 spiro atoms. The number of terminal acetylenes is 1. The van der Waals surface area contributed by atoms with Crippen molar-refractivity contribution in [2.45, 2.75) is 125 Å². The number of hydrogen-bond acceptors (Lipinski definition) is 30. The highest BCUT2D eigenvalue weighted by atomic mass is 16.5. The Morgan fingerprint density at radius 1 is 0.329 bits per heavy atom. The fourth-order valence-electron chi connectivity index (χ4n) is 9.93. The molecule has 452 valence electrons. The van der Waals surface area contributed by atoms with Crippen LogP contribution in [0.4, 0.5) is 0 Å². The van der Waals surface area contributed by atoms with Gasteiger partial charge < -0.3 is 4.74 Å². The zero-order valence-electron chi connectivity index (χ0n) is 49.6. The fourth-order valence-corrected chi connectivity index (χ4v) is 9.93. The van der Waals surface area contributed by atoms with Crippen molar-refractivity contribution in [3.05, 3.63) is 0 Å². The average molecular weight is 1160 g/mol. The van der Waals surface area contributed by atoms with Crippen LogP contribution in [0, 0.1) is 171 Å². The summed E-state index contributed by atoms with van der Waals surface area (Å²) in [5.74, 6) is 2.57. The van der Waals surface area contributed by atoms with Gasteiger partial charge in [0, 0.05) is 6.61 Å². The minimum Gasteiger partial charge on any atom is -0.350 e. The molecule has 0 aromatic rings. The van der Waals surface area contributed by atoms with Crippen LogP contribution < -0.4 is 0 Å².